The summed E-state index contributed by atoms with van der Waals surface area (Å²) in [6.07, 6.45) is 5.42. The van der Waals surface area contributed by atoms with Gasteiger partial charge in [0.2, 0.25) is 0 Å². The molecule has 2 heterocycles. The van der Waals surface area contributed by atoms with Gasteiger partial charge in [0.15, 0.2) is 0 Å². The van der Waals surface area contributed by atoms with E-state index >= 15 is 0 Å². The van der Waals surface area contributed by atoms with Gasteiger partial charge in [0, 0.05) is 12.4 Å². The van der Waals surface area contributed by atoms with Crippen molar-refractivity contribution in [1.82, 2.24) is 14.5 Å². The average Bonchev–Trinajstić information content (AvgIpc) is 2.73. The number of fused-ring (bicyclic) bond motifs is 1. The zero-order chi connectivity index (χ0) is 11.0. The number of imidazole rings is 1. The number of benzene rings is 1. The van der Waals surface area contributed by atoms with Crippen LogP contribution >= 0.6 is 0 Å². The minimum atomic E-state index is 1.02. The number of rotatable bonds is 1. The van der Waals surface area contributed by atoms with Crippen molar-refractivity contribution in [2.24, 2.45) is 0 Å². The monoisotopic (exact) mass is 209 g/mol. The summed E-state index contributed by atoms with van der Waals surface area (Å²) in [6.45, 7) is 2.09. The first-order valence-corrected chi connectivity index (χ1v) is 5.19. The van der Waals surface area contributed by atoms with E-state index in [2.05, 4.69) is 33.6 Å². The van der Waals surface area contributed by atoms with E-state index in [0.717, 1.165) is 16.7 Å². The van der Waals surface area contributed by atoms with Gasteiger partial charge in [0.05, 0.1) is 16.7 Å². The van der Waals surface area contributed by atoms with E-state index in [1.54, 1.807) is 12.4 Å². The van der Waals surface area contributed by atoms with Crippen molar-refractivity contribution >= 4 is 11.0 Å². The SMILES string of the molecule is Cc1ccc2ncn(-c3ccncc3)c2c1. The first kappa shape index (κ1) is 9.09. The van der Waals surface area contributed by atoms with Gasteiger partial charge in [0.1, 0.15) is 6.33 Å². The summed E-state index contributed by atoms with van der Waals surface area (Å²) in [4.78, 5) is 8.40. The van der Waals surface area contributed by atoms with Crippen LogP contribution in [-0.2, 0) is 0 Å². The molecule has 2 aromatic heterocycles. The Balaban J connectivity index is 2.29. The second-order valence-electron chi connectivity index (χ2n) is 3.81. The number of aromatic nitrogens is 3. The molecule has 0 radical (unpaired) electrons. The lowest BCUT2D eigenvalue weighted by Gasteiger charge is -2.03. The summed E-state index contributed by atoms with van der Waals surface area (Å²) >= 11 is 0. The van der Waals surface area contributed by atoms with E-state index in [0.29, 0.717) is 0 Å². The first-order chi connectivity index (χ1) is 7.84. The van der Waals surface area contributed by atoms with E-state index in [4.69, 9.17) is 0 Å². The molecule has 0 bridgehead atoms. The maximum atomic E-state index is 4.38. The van der Waals surface area contributed by atoms with Gasteiger partial charge in [-0.05, 0) is 36.8 Å². The van der Waals surface area contributed by atoms with Gasteiger partial charge >= 0.3 is 0 Å². The fourth-order valence-electron chi connectivity index (χ4n) is 1.83. The number of hydrogen-bond donors (Lipinski definition) is 0. The molecule has 0 aliphatic carbocycles. The van der Waals surface area contributed by atoms with Gasteiger partial charge in [-0.2, -0.15) is 0 Å². The number of hydrogen-bond acceptors (Lipinski definition) is 2. The maximum absolute atomic E-state index is 4.38. The zero-order valence-electron chi connectivity index (χ0n) is 8.96. The van der Waals surface area contributed by atoms with Crippen molar-refractivity contribution in [2.45, 2.75) is 6.92 Å². The zero-order valence-corrected chi connectivity index (χ0v) is 8.96. The molecule has 78 valence electrons. The molecular weight excluding hydrogens is 198 g/mol. The Kier molecular flexibility index (Phi) is 1.96. The molecule has 0 amide bonds. The highest BCUT2D eigenvalue weighted by Gasteiger charge is 2.03. The Morgan fingerprint density at radius 2 is 1.88 bits per heavy atom. The molecule has 0 aliphatic heterocycles. The van der Waals surface area contributed by atoms with Gasteiger partial charge < -0.3 is 0 Å². The van der Waals surface area contributed by atoms with E-state index in [9.17, 15) is 0 Å². The third-order valence-electron chi connectivity index (χ3n) is 2.64. The smallest absolute Gasteiger partial charge is 0.100 e. The second-order valence-corrected chi connectivity index (χ2v) is 3.81. The minimum absolute atomic E-state index is 1.02. The fraction of sp³-hybridized carbons (Fsp3) is 0.0769. The molecule has 0 fully saturated rings. The summed E-state index contributed by atoms with van der Waals surface area (Å²) in [5.74, 6) is 0. The van der Waals surface area contributed by atoms with Crippen molar-refractivity contribution in [3.63, 3.8) is 0 Å². The summed E-state index contributed by atoms with van der Waals surface area (Å²) in [5, 5.41) is 0. The van der Waals surface area contributed by atoms with E-state index in [1.807, 2.05) is 24.5 Å². The lowest BCUT2D eigenvalue weighted by atomic mass is 10.2. The Bertz CT molecular complexity index is 626. The average molecular weight is 209 g/mol. The molecular formula is C13H11N3. The first-order valence-electron chi connectivity index (χ1n) is 5.19. The molecule has 0 atom stereocenters. The van der Waals surface area contributed by atoms with Crippen molar-refractivity contribution in [1.29, 1.82) is 0 Å². The van der Waals surface area contributed by atoms with E-state index in [1.165, 1.54) is 5.56 Å². The Labute approximate surface area is 93.4 Å². The van der Waals surface area contributed by atoms with Crippen LogP contribution in [0.5, 0.6) is 0 Å². The Morgan fingerprint density at radius 1 is 1.06 bits per heavy atom. The third-order valence-corrected chi connectivity index (χ3v) is 2.64. The molecule has 3 nitrogen and oxygen atoms in total. The van der Waals surface area contributed by atoms with Gasteiger partial charge in [-0.3, -0.25) is 9.55 Å². The predicted molar refractivity (Wildman–Crippen MR) is 63.6 cm³/mol. The van der Waals surface area contributed by atoms with E-state index in [-0.39, 0.29) is 0 Å². The summed E-state index contributed by atoms with van der Waals surface area (Å²) in [5.41, 5.74) is 4.47. The quantitative estimate of drug-likeness (QED) is 0.617. The number of aryl methyl sites for hydroxylation is 1. The molecule has 0 saturated carbocycles. The van der Waals surface area contributed by atoms with Crippen molar-refractivity contribution in [3.05, 3.63) is 54.6 Å². The number of nitrogens with zero attached hydrogens (tertiary/aromatic N) is 3. The third kappa shape index (κ3) is 1.37. The Morgan fingerprint density at radius 3 is 2.69 bits per heavy atom. The fourth-order valence-corrected chi connectivity index (χ4v) is 1.83. The molecule has 0 aliphatic rings. The van der Waals surface area contributed by atoms with Crippen LogP contribution in [0.2, 0.25) is 0 Å². The van der Waals surface area contributed by atoms with Crippen molar-refractivity contribution in [2.75, 3.05) is 0 Å². The highest BCUT2D eigenvalue weighted by atomic mass is 15.0. The molecule has 0 spiro atoms. The van der Waals surface area contributed by atoms with Crippen LogP contribution in [0.25, 0.3) is 16.7 Å². The predicted octanol–water partition coefficient (Wildman–Crippen LogP) is 2.73. The molecule has 16 heavy (non-hydrogen) atoms. The van der Waals surface area contributed by atoms with Gasteiger partial charge in [-0.15, -0.1) is 0 Å². The molecule has 3 aromatic rings. The Hall–Kier alpha value is -2.16. The molecule has 3 heteroatoms. The van der Waals surface area contributed by atoms with E-state index < -0.39 is 0 Å². The van der Waals surface area contributed by atoms with Gasteiger partial charge in [-0.1, -0.05) is 6.07 Å². The van der Waals surface area contributed by atoms with Crippen molar-refractivity contribution in [3.8, 4) is 5.69 Å². The largest absolute Gasteiger partial charge is 0.299 e. The summed E-state index contributed by atoms with van der Waals surface area (Å²) in [6, 6.07) is 10.2. The highest BCUT2D eigenvalue weighted by molar-refractivity contribution is 5.78. The molecule has 1 aromatic carbocycles. The van der Waals surface area contributed by atoms with Gasteiger partial charge in [-0.25, -0.2) is 4.98 Å². The van der Waals surface area contributed by atoms with Gasteiger partial charge in [0.25, 0.3) is 0 Å². The number of pyridine rings is 1. The topological polar surface area (TPSA) is 30.7 Å². The van der Waals surface area contributed by atoms with Crippen LogP contribution in [0.15, 0.2) is 49.1 Å². The highest BCUT2D eigenvalue weighted by Crippen LogP contribution is 2.18. The minimum Gasteiger partial charge on any atom is -0.299 e. The lowest BCUT2D eigenvalue weighted by Crippen LogP contribution is -1.91. The van der Waals surface area contributed by atoms with Crippen LogP contribution in [-0.4, -0.2) is 14.5 Å². The maximum Gasteiger partial charge on any atom is 0.100 e. The molecule has 0 saturated heterocycles. The van der Waals surface area contributed by atoms with Crippen LogP contribution in [0.3, 0.4) is 0 Å². The van der Waals surface area contributed by atoms with Crippen LogP contribution in [0.1, 0.15) is 5.56 Å². The molecule has 0 N–H and O–H groups in total. The molecule has 3 rings (SSSR count). The van der Waals surface area contributed by atoms with Crippen LogP contribution in [0, 0.1) is 6.92 Å². The van der Waals surface area contributed by atoms with Crippen LogP contribution < -0.4 is 0 Å². The second kappa shape index (κ2) is 3.45. The van der Waals surface area contributed by atoms with Crippen molar-refractivity contribution < 1.29 is 0 Å². The summed E-state index contributed by atoms with van der Waals surface area (Å²) < 4.78 is 2.07. The van der Waals surface area contributed by atoms with Crippen LogP contribution in [0.4, 0.5) is 0 Å². The molecule has 0 unspecified atom stereocenters. The normalized spacial score (nSPS) is 10.8. The standard InChI is InChI=1S/C13H11N3/c1-10-2-3-12-13(8-10)16(9-15-12)11-4-6-14-7-5-11/h2-9H,1H3. The lowest BCUT2D eigenvalue weighted by molar-refractivity contribution is 1.08. The summed E-state index contributed by atoms with van der Waals surface area (Å²) in [7, 11) is 0.